The minimum Gasteiger partial charge on any atom is -0.470 e. The molecule has 0 aliphatic heterocycles. The van der Waals surface area contributed by atoms with Crippen LogP contribution in [0.1, 0.15) is 16.1 Å². The van der Waals surface area contributed by atoms with E-state index in [0.717, 1.165) is 5.56 Å². The molecule has 0 aliphatic rings. The van der Waals surface area contributed by atoms with E-state index >= 15 is 0 Å². The molecule has 0 saturated heterocycles. The molecule has 0 aliphatic carbocycles. The van der Waals surface area contributed by atoms with Crippen LogP contribution in [0.4, 0.5) is 11.4 Å². The molecule has 0 unspecified atom stereocenters. The van der Waals surface area contributed by atoms with E-state index in [1.165, 1.54) is 28.9 Å². The van der Waals surface area contributed by atoms with Crippen LogP contribution in [0.3, 0.4) is 0 Å². The summed E-state index contributed by atoms with van der Waals surface area (Å²) in [5, 5.41) is 22.7. The van der Waals surface area contributed by atoms with Crippen molar-refractivity contribution in [3.63, 3.8) is 0 Å². The van der Waals surface area contributed by atoms with Gasteiger partial charge < -0.3 is 10.1 Å². The monoisotopic (exact) mass is 486 g/mol. The Hall–Kier alpha value is -3.89. The number of ether oxygens (including phenoxy) is 1. The van der Waals surface area contributed by atoms with Gasteiger partial charge in [0.2, 0.25) is 0 Å². The van der Waals surface area contributed by atoms with Gasteiger partial charge >= 0.3 is 0 Å². The van der Waals surface area contributed by atoms with Crippen molar-refractivity contribution in [2.75, 3.05) is 5.32 Å². The maximum atomic E-state index is 12.5. The molecule has 4 aromatic rings. The van der Waals surface area contributed by atoms with Crippen molar-refractivity contribution < 1.29 is 14.5 Å². The van der Waals surface area contributed by atoms with Gasteiger partial charge in [0.05, 0.1) is 28.4 Å². The number of nitrogens with zero attached hydrogens (tertiary/aromatic N) is 5. The van der Waals surface area contributed by atoms with E-state index in [1.807, 2.05) is 18.2 Å². The second kappa shape index (κ2) is 9.72. The van der Waals surface area contributed by atoms with Crippen LogP contribution >= 0.6 is 23.2 Å². The van der Waals surface area contributed by atoms with E-state index in [4.69, 9.17) is 27.9 Å². The van der Waals surface area contributed by atoms with Crippen LogP contribution < -0.4 is 10.1 Å². The Morgan fingerprint density at radius 3 is 2.76 bits per heavy atom. The fourth-order valence-corrected chi connectivity index (χ4v) is 3.39. The maximum Gasteiger partial charge on any atom is 0.276 e. The average molecular weight is 487 g/mol. The number of nitro groups is 1. The SMILES string of the molecule is O=C(Nc1cnn(Cc2cccc(Cl)c2)c1)c1ccn(COc2ccc([N+](=O)[O-])cc2Cl)n1. The summed E-state index contributed by atoms with van der Waals surface area (Å²) in [5.74, 6) is -0.152. The normalized spacial score (nSPS) is 10.7. The highest BCUT2D eigenvalue weighted by Gasteiger charge is 2.13. The van der Waals surface area contributed by atoms with Gasteiger partial charge in [0.25, 0.3) is 11.6 Å². The number of hydrogen-bond acceptors (Lipinski definition) is 6. The van der Waals surface area contributed by atoms with Crippen molar-refractivity contribution in [3.8, 4) is 5.75 Å². The topological polar surface area (TPSA) is 117 Å². The summed E-state index contributed by atoms with van der Waals surface area (Å²) in [5.41, 5.74) is 1.54. The maximum absolute atomic E-state index is 12.5. The van der Waals surface area contributed by atoms with Crippen LogP contribution in [-0.2, 0) is 13.3 Å². The number of rotatable bonds is 8. The van der Waals surface area contributed by atoms with Gasteiger partial charge in [-0.25, -0.2) is 4.68 Å². The molecule has 10 nitrogen and oxygen atoms in total. The molecule has 4 rings (SSSR count). The summed E-state index contributed by atoms with van der Waals surface area (Å²) in [6.45, 7) is 0.468. The summed E-state index contributed by atoms with van der Waals surface area (Å²) in [7, 11) is 0. The molecular weight excluding hydrogens is 471 g/mol. The van der Waals surface area contributed by atoms with Crippen molar-refractivity contribution in [3.05, 3.63) is 98.5 Å². The van der Waals surface area contributed by atoms with E-state index in [1.54, 1.807) is 29.3 Å². The Balaban J connectivity index is 1.34. The van der Waals surface area contributed by atoms with Gasteiger partial charge in [-0.1, -0.05) is 35.3 Å². The van der Waals surface area contributed by atoms with Crippen molar-refractivity contribution in [2.24, 2.45) is 0 Å². The molecule has 12 heteroatoms. The van der Waals surface area contributed by atoms with Gasteiger partial charge in [0.1, 0.15) is 5.75 Å². The summed E-state index contributed by atoms with van der Waals surface area (Å²) < 4.78 is 8.61. The van der Waals surface area contributed by atoms with Crippen LogP contribution in [0.2, 0.25) is 10.0 Å². The van der Waals surface area contributed by atoms with Gasteiger partial charge in [0, 0.05) is 29.5 Å². The molecule has 2 aromatic heterocycles. The largest absolute Gasteiger partial charge is 0.470 e. The molecule has 1 amide bonds. The lowest BCUT2D eigenvalue weighted by Crippen LogP contribution is -2.14. The van der Waals surface area contributed by atoms with Gasteiger partial charge in [-0.2, -0.15) is 10.2 Å². The Labute approximate surface area is 197 Å². The predicted octanol–water partition coefficient (Wildman–Crippen LogP) is 4.63. The van der Waals surface area contributed by atoms with Crippen LogP contribution in [0, 0.1) is 10.1 Å². The van der Waals surface area contributed by atoms with Crippen LogP contribution in [-0.4, -0.2) is 30.4 Å². The number of aromatic nitrogens is 4. The Morgan fingerprint density at radius 1 is 1.15 bits per heavy atom. The highest BCUT2D eigenvalue weighted by molar-refractivity contribution is 6.32. The first-order chi connectivity index (χ1) is 15.9. The number of nitro benzene ring substituents is 1. The van der Waals surface area contributed by atoms with Crippen molar-refractivity contribution in [2.45, 2.75) is 13.3 Å². The van der Waals surface area contributed by atoms with Gasteiger partial charge in [-0.15, -0.1) is 0 Å². The third kappa shape index (κ3) is 5.68. The van der Waals surface area contributed by atoms with Crippen molar-refractivity contribution in [1.82, 2.24) is 19.6 Å². The summed E-state index contributed by atoms with van der Waals surface area (Å²) in [4.78, 5) is 22.7. The molecule has 2 heterocycles. The van der Waals surface area contributed by atoms with E-state index in [0.29, 0.717) is 17.3 Å². The molecular formula is C21H16Cl2N6O4. The average Bonchev–Trinajstić information content (AvgIpc) is 3.42. The Morgan fingerprint density at radius 2 is 2.00 bits per heavy atom. The predicted molar refractivity (Wildman–Crippen MR) is 122 cm³/mol. The van der Waals surface area contributed by atoms with E-state index in [2.05, 4.69) is 15.5 Å². The fraction of sp³-hybridized carbons (Fsp3) is 0.0952. The zero-order chi connectivity index (χ0) is 23.4. The van der Waals surface area contributed by atoms with Gasteiger partial charge in [-0.05, 0) is 29.8 Å². The number of non-ortho nitro benzene ring substituents is 1. The number of carbonyl (C=O) groups is 1. The number of anilines is 1. The quantitative estimate of drug-likeness (QED) is 0.286. The smallest absolute Gasteiger partial charge is 0.276 e. The highest BCUT2D eigenvalue weighted by Crippen LogP contribution is 2.28. The third-order valence-electron chi connectivity index (χ3n) is 4.48. The number of halogens is 2. The minimum absolute atomic E-state index is 0.0393. The Kier molecular flexibility index (Phi) is 6.57. The number of carbonyl (C=O) groups excluding carboxylic acids is 1. The molecule has 0 bridgehead atoms. The van der Waals surface area contributed by atoms with Crippen molar-refractivity contribution >= 4 is 40.5 Å². The molecule has 1 N–H and O–H groups in total. The zero-order valence-electron chi connectivity index (χ0n) is 16.9. The second-order valence-electron chi connectivity index (χ2n) is 6.90. The lowest BCUT2D eigenvalue weighted by atomic mass is 10.2. The first kappa shape index (κ1) is 22.3. The summed E-state index contributed by atoms with van der Waals surface area (Å²) >= 11 is 12.0. The molecule has 168 valence electrons. The molecule has 0 spiro atoms. The molecule has 0 radical (unpaired) electrons. The molecule has 0 fully saturated rings. The number of hydrogen-bond donors (Lipinski definition) is 1. The van der Waals surface area contributed by atoms with E-state index < -0.39 is 10.8 Å². The Bertz CT molecular complexity index is 1320. The minimum atomic E-state index is -0.547. The molecule has 0 saturated carbocycles. The first-order valence-corrected chi connectivity index (χ1v) is 10.3. The lowest BCUT2D eigenvalue weighted by molar-refractivity contribution is -0.384. The second-order valence-corrected chi connectivity index (χ2v) is 7.74. The van der Waals surface area contributed by atoms with Crippen LogP contribution in [0.25, 0.3) is 0 Å². The molecule has 2 aromatic carbocycles. The zero-order valence-corrected chi connectivity index (χ0v) is 18.4. The standard InChI is InChI=1S/C21H16Cl2N6O4/c22-15-3-1-2-14(8-15)11-28-12-16(10-24-28)25-21(30)19-6-7-27(26-19)13-33-20-5-4-17(29(31)32)9-18(20)23/h1-10,12H,11,13H2,(H,25,30). The van der Waals surface area contributed by atoms with Gasteiger partial charge in [0.15, 0.2) is 12.4 Å². The number of nitrogens with one attached hydrogen (secondary N) is 1. The number of amides is 1. The summed E-state index contributed by atoms with van der Waals surface area (Å²) in [6.07, 6.45) is 4.81. The number of benzene rings is 2. The van der Waals surface area contributed by atoms with Crippen LogP contribution in [0.15, 0.2) is 67.1 Å². The molecule has 0 atom stereocenters. The fourth-order valence-electron chi connectivity index (χ4n) is 2.94. The van der Waals surface area contributed by atoms with E-state index in [-0.39, 0.29) is 28.9 Å². The first-order valence-electron chi connectivity index (χ1n) is 9.56. The summed E-state index contributed by atoms with van der Waals surface area (Å²) in [6, 6.07) is 12.9. The third-order valence-corrected chi connectivity index (χ3v) is 5.01. The lowest BCUT2D eigenvalue weighted by Gasteiger charge is -2.07. The van der Waals surface area contributed by atoms with E-state index in [9.17, 15) is 14.9 Å². The van der Waals surface area contributed by atoms with Crippen LogP contribution in [0.5, 0.6) is 5.75 Å². The van der Waals surface area contributed by atoms with Crippen molar-refractivity contribution in [1.29, 1.82) is 0 Å². The van der Waals surface area contributed by atoms with Gasteiger partial charge in [-0.3, -0.25) is 19.6 Å². The highest BCUT2D eigenvalue weighted by atomic mass is 35.5. The molecule has 33 heavy (non-hydrogen) atoms.